The Labute approximate surface area is 103 Å². The quantitative estimate of drug-likeness (QED) is 0.743. The fourth-order valence-corrected chi connectivity index (χ4v) is 2.40. The third-order valence-electron chi connectivity index (χ3n) is 2.72. The second kappa shape index (κ2) is 7.17. The second-order valence-corrected chi connectivity index (χ2v) is 6.19. The molecule has 1 aliphatic heterocycles. The van der Waals surface area contributed by atoms with Crippen LogP contribution < -0.4 is 0 Å². The Kier molecular flexibility index (Phi) is 6.21. The first-order valence-electron chi connectivity index (χ1n) is 6.06. The predicted octanol–water partition coefficient (Wildman–Crippen LogP) is 2.16. The van der Waals surface area contributed by atoms with Crippen LogP contribution in [0.4, 0.5) is 0 Å². The standard InChI is InChI=1S/C12H23NO2S/c1-10(2)16-9-12(14)13(3)8-11-6-4-5-7-15-11/h10-11H,4-9H2,1-3H3. The van der Waals surface area contributed by atoms with Gasteiger partial charge in [0.2, 0.25) is 5.91 Å². The van der Waals surface area contributed by atoms with Gasteiger partial charge in [-0.05, 0) is 24.5 Å². The zero-order chi connectivity index (χ0) is 12.0. The summed E-state index contributed by atoms with van der Waals surface area (Å²) in [5, 5.41) is 0.517. The number of carbonyl (C=O) groups is 1. The lowest BCUT2D eigenvalue weighted by atomic mass is 10.1. The number of thioether (sulfide) groups is 1. The molecule has 1 atom stereocenters. The van der Waals surface area contributed by atoms with E-state index in [1.165, 1.54) is 6.42 Å². The molecule has 1 fully saturated rings. The van der Waals surface area contributed by atoms with Gasteiger partial charge < -0.3 is 9.64 Å². The van der Waals surface area contributed by atoms with Crippen molar-refractivity contribution < 1.29 is 9.53 Å². The Morgan fingerprint density at radius 3 is 2.81 bits per heavy atom. The van der Waals surface area contributed by atoms with E-state index in [1.54, 1.807) is 11.8 Å². The summed E-state index contributed by atoms with van der Waals surface area (Å²) in [5.41, 5.74) is 0. The Balaban J connectivity index is 2.21. The zero-order valence-corrected chi connectivity index (χ0v) is 11.4. The van der Waals surface area contributed by atoms with Crippen molar-refractivity contribution in [3.05, 3.63) is 0 Å². The maximum absolute atomic E-state index is 11.8. The highest BCUT2D eigenvalue weighted by atomic mass is 32.2. The summed E-state index contributed by atoms with van der Waals surface area (Å²) in [6.07, 6.45) is 3.74. The minimum atomic E-state index is 0.216. The van der Waals surface area contributed by atoms with Crippen LogP contribution in [0.5, 0.6) is 0 Å². The molecule has 0 aromatic rings. The Bertz CT molecular complexity index is 215. The van der Waals surface area contributed by atoms with E-state index in [9.17, 15) is 4.79 Å². The first-order chi connectivity index (χ1) is 7.59. The van der Waals surface area contributed by atoms with Crippen molar-refractivity contribution in [1.29, 1.82) is 0 Å². The zero-order valence-electron chi connectivity index (χ0n) is 10.6. The topological polar surface area (TPSA) is 29.5 Å². The van der Waals surface area contributed by atoms with Crippen molar-refractivity contribution in [3.8, 4) is 0 Å². The van der Waals surface area contributed by atoms with Crippen LogP contribution in [-0.4, -0.2) is 48.1 Å². The fraction of sp³-hybridized carbons (Fsp3) is 0.917. The van der Waals surface area contributed by atoms with Gasteiger partial charge in [0.15, 0.2) is 0 Å². The molecule has 94 valence electrons. The number of hydrogen-bond donors (Lipinski definition) is 0. The summed E-state index contributed by atoms with van der Waals surface area (Å²) in [6.45, 7) is 5.83. The summed E-state index contributed by atoms with van der Waals surface area (Å²) in [5.74, 6) is 0.800. The van der Waals surface area contributed by atoms with E-state index in [4.69, 9.17) is 4.74 Å². The molecule has 16 heavy (non-hydrogen) atoms. The molecule has 0 aromatic heterocycles. The summed E-state index contributed by atoms with van der Waals surface area (Å²) >= 11 is 1.70. The molecule has 3 nitrogen and oxygen atoms in total. The fourth-order valence-electron chi connectivity index (χ4n) is 1.71. The second-order valence-electron chi connectivity index (χ2n) is 4.62. The number of nitrogens with zero attached hydrogens (tertiary/aromatic N) is 1. The van der Waals surface area contributed by atoms with Gasteiger partial charge in [-0.25, -0.2) is 0 Å². The molecule has 0 spiro atoms. The summed E-state index contributed by atoms with van der Waals surface area (Å²) in [6, 6.07) is 0. The third kappa shape index (κ3) is 5.21. The number of likely N-dealkylation sites (N-methyl/N-ethyl adjacent to an activating group) is 1. The average molecular weight is 245 g/mol. The molecular formula is C12H23NO2S. The van der Waals surface area contributed by atoms with Crippen LogP contribution >= 0.6 is 11.8 Å². The van der Waals surface area contributed by atoms with Crippen LogP contribution in [0.25, 0.3) is 0 Å². The molecule has 0 N–H and O–H groups in total. The summed E-state index contributed by atoms with van der Waals surface area (Å²) < 4.78 is 5.62. The Hall–Kier alpha value is -0.220. The van der Waals surface area contributed by atoms with Gasteiger partial charge in [-0.2, -0.15) is 0 Å². The molecule has 0 bridgehead atoms. The highest BCUT2D eigenvalue weighted by Crippen LogP contribution is 2.14. The van der Waals surface area contributed by atoms with Crippen molar-refractivity contribution in [2.75, 3.05) is 26.0 Å². The van der Waals surface area contributed by atoms with Crippen molar-refractivity contribution in [1.82, 2.24) is 4.90 Å². The summed E-state index contributed by atoms with van der Waals surface area (Å²) in [4.78, 5) is 13.6. The van der Waals surface area contributed by atoms with E-state index in [2.05, 4.69) is 13.8 Å². The molecular weight excluding hydrogens is 222 g/mol. The first kappa shape index (κ1) is 13.8. The van der Waals surface area contributed by atoms with Gasteiger partial charge in [0.05, 0.1) is 11.9 Å². The normalized spacial score (nSPS) is 21.1. The van der Waals surface area contributed by atoms with Crippen molar-refractivity contribution in [2.24, 2.45) is 0 Å². The number of hydrogen-bond acceptors (Lipinski definition) is 3. The maximum atomic E-state index is 11.8. The lowest BCUT2D eigenvalue weighted by Crippen LogP contribution is -2.38. The largest absolute Gasteiger partial charge is 0.376 e. The molecule has 1 rings (SSSR count). The van der Waals surface area contributed by atoms with Crippen molar-refractivity contribution in [2.45, 2.75) is 44.5 Å². The van der Waals surface area contributed by atoms with Crippen LogP contribution in [0.2, 0.25) is 0 Å². The smallest absolute Gasteiger partial charge is 0.232 e. The average Bonchev–Trinajstić information content (AvgIpc) is 2.27. The number of rotatable bonds is 5. The highest BCUT2D eigenvalue weighted by molar-refractivity contribution is 8.00. The molecule has 1 saturated heterocycles. The van der Waals surface area contributed by atoms with E-state index in [0.29, 0.717) is 11.0 Å². The van der Waals surface area contributed by atoms with Gasteiger partial charge in [-0.15, -0.1) is 11.8 Å². The minimum Gasteiger partial charge on any atom is -0.376 e. The monoisotopic (exact) mass is 245 g/mol. The van der Waals surface area contributed by atoms with Gasteiger partial charge in [-0.1, -0.05) is 13.8 Å². The van der Waals surface area contributed by atoms with Gasteiger partial charge in [0.25, 0.3) is 0 Å². The van der Waals surface area contributed by atoms with E-state index in [0.717, 1.165) is 26.0 Å². The van der Waals surface area contributed by atoms with Crippen molar-refractivity contribution in [3.63, 3.8) is 0 Å². The Morgan fingerprint density at radius 2 is 2.25 bits per heavy atom. The van der Waals surface area contributed by atoms with Crippen LogP contribution in [0, 0.1) is 0 Å². The van der Waals surface area contributed by atoms with Gasteiger partial charge >= 0.3 is 0 Å². The van der Waals surface area contributed by atoms with E-state index >= 15 is 0 Å². The molecule has 0 aromatic carbocycles. The lowest BCUT2D eigenvalue weighted by molar-refractivity contribution is -0.129. The predicted molar refractivity (Wildman–Crippen MR) is 68.8 cm³/mol. The van der Waals surface area contributed by atoms with Crippen LogP contribution in [-0.2, 0) is 9.53 Å². The summed E-state index contributed by atoms with van der Waals surface area (Å²) in [7, 11) is 1.88. The lowest BCUT2D eigenvalue weighted by Gasteiger charge is -2.27. The molecule has 0 saturated carbocycles. The molecule has 1 amide bonds. The first-order valence-corrected chi connectivity index (χ1v) is 7.11. The van der Waals surface area contributed by atoms with Crippen LogP contribution in [0.1, 0.15) is 33.1 Å². The maximum Gasteiger partial charge on any atom is 0.232 e. The van der Waals surface area contributed by atoms with E-state index in [1.807, 2.05) is 11.9 Å². The van der Waals surface area contributed by atoms with E-state index in [-0.39, 0.29) is 12.0 Å². The minimum absolute atomic E-state index is 0.216. The van der Waals surface area contributed by atoms with Gasteiger partial charge in [0.1, 0.15) is 0 Å². The number of carbonyl (C=O) groups excluding carboxylic acids is 1. The van der Waals surface area contributed by atoms with Crippen LogP contribution in [0.3, 0.4) is 0 Å². The number of ether oxygens (including phenoxy) is 1. The molecule has 1 heterocycles. The Morgan fingerprint density at radius 1 is 1.50 bits per heavy atom. The molecule has 1 aliphatic rings. The van der Waals surface area contributed by atoms with Crippen LogP contribution in [0.15, 0.2) is 0 Å². The SMILES string of the molecule is CC(C)SCC(=O)N(C)CC1CCCCO1. The van der Waals surface area contributed by atoms with E-state index < -0.39 is 0 Å². The number of amides is 1. The third-order valence-corrected chi connectivity index (χ3v) is 3.80. The molecule has 4 heteroatoms. The van der Waals surface area contributed by atoms with Gasteiger partial charge in [-0.3, -0.25) is 4.79 Å². The van der Waals surface area contributed by atoms with Gasteiger partial charge in [0, 0.05) is 20.2 Å². The molecule has 0 radical (unpaired) electrons. The highest BCUT2D eigenvalue weighted by Gasteiger charge is 2.18. The molecule has 0 aliphatic carbocycles. The molecule has 1 unspecified atom stereocenters. The van der Waals surface area contributed by atoms with Crippen molar-refractivity contribution >= 4 is 17.7 Å².